The maximum atomic E-state index is 13.3. The van der Waals surface area contributed by atoms with E-state index in [9.17, 15) is 9.59 Å². The van der Waals surface area contributed by atoms with Crippen LogP contribution in [-0.2, 0) is 0 Å². The number of benzene rings is 4. The highest BCUT2D eigenvalue weighted by Crippen LogP contribution is 2.46. The van der Waals surface area contributed by atoms with Gasteiger partial charge in [-0.25, -0.2) is 0 Å². The Morgan fingerprint density at radius 1 is 0.722 bits per heavy atom. The Balaban J connectivity index is 1.31. The van der Waals surface area contributed by atoms with Gasteiger partial charge in [0.2, 0.25) is 0 Å². The quantitative estimate of drug-likeness (QED) is 0.334. The van der Waals surface area contributed by atoms with Gasteiger partial charge in [0.25, 0.3) is 11.8 Å². The van der Waals surface area contributed by atoms with Gasteiger partial charge in [0.05, 0.1) is 0 Å². The lowest BCUT2D eigenvalue weighted by atomic mass is 9.62. The Bertz CT molecular complexity index is 1430. The second-order valence-electron chi connectivity index (χ2n) is 11.5. The molecule has 1 fully saturated rings. The molecule has 1 saturated carbocycles. The fourth-order valence-corrected chi connectivity index (χ4v) is 6.37. The predicted molar refractivity (Wildman–Crippen MR) is 147 cm³/mol. The van der Waals surface area contributed by atoms with Crippen molar-refractivity contribution in [1.82, 2.24) is 10.6 Å². The van der Waals surface area contributed by atoms with Gasteiger partial charge in [-0.15, -0.1) is 0 Å². The number of carbonyl (C=O) groups is 2. The van der Waals surface area contributed by atoms with Crippen LogP contribution in [0.4, 0.5) is 0 Å². The van der Waals surface area contributed by atoms with Crippen molar-refractivity contribution in [1.29, 1.82) is 0 Å². The predicted octanol–water partition coefficient (Wildman–Crippen LogP) is 6.74. The van der Waals surface area contributed by atoms with Crippen molar-refractivity contribution in [3.8, 4) is 0 Å². The first-order chi connectivity index (χ1) is 17.2. The average molecular weight is 479 g/mol. The van der Waals surface area contributed by atoms with E-state index < -0.39 is 0 Å². The van der Waals surface area contributed by atoms with E-state index >= 15 is 0 Å². The van der Waals surface area contributed by atoms with Crippen LogP contribution in [0.25, 0.3) is 21.5 Å². The van der Waals surface area contributed by atoms with Gasteiger partial charge in [-0.05, 0) is 63.8 Å². The fourth-order valence-electron chi connectivity index (χ4n) is 6.37. The first-order valence-corrected chi connectivity index (χ1v) is 12.8. The third-order valence-electron chi connectivity index (χ3n) is 7.52. The highest BCUT2D eigenvalue weighted by atomic mass is 16.2. The zero-order chi connectivity index (χ0) is 25.3. The molecule has 36 heavy (non-hydrogen) atoms. The molecule has 2 amide bonds. The van der Waals surface area contributed by atoms with E-state index in [-0.39, 0.29) is 28.7 Å². The van der Waals surface area contributed by atoms with E-state index in [0.29, 0.717) is 17.7 Å². The number of rotatable bonds is 5. The van der Waals surface area contributed by atoms with Gasteiger partial charge in [0, 0.05) is 23.7 Å². The van der Waals surface area contributed by atoms with E-state index in [4.69, 9.17) is 0 Å². The van der Waals surface area contributed by atoms with E-state index in [2.05, 4.69) is 31.4 Å². The smallest absolute Gasteiger partial charge is 0.252 e. The number of hydrogen-bond donors (Lipinski definition) is 2. The Kier molecular flexibility index (Phi) is 6.29. The lowest BCUT2D eigenvalue weighted by Gasteiger charge is -2.47. The summed E-state index contributed by atoms with van der Waals surface area (Å²) in [5.74, 6) is -0.0793. The molecule has 4 nitrogen and oxygen atoms in total. The molecule has 5 rings (SSSR count). The minimum absolute atomic E-state index is 0.0309. The summed E-state index contributed by atoms with van der Waals surface area (Å²) in [7, 11) is 0. The van der Waals surface area contributed by atoms with Crippen molar-refractivity contribution in [3.05, 3.63) is 96.1 Å². The molecule has 0 bridgehead atoms. The van der Waals surface area contributed by atoms with Gasteiger partial charge >= 0.3 is 0 Å². The molecule has 4 aromatic rings. The molecule has 184 valence electrons. The number of nitrogens with one attached hydrogen (secondary N) is 2. The highest BCUT2D eigenvalue weighted by molar-refractivity contribution is 6.07. The zero-order valence-electron chi connectivity index (χ0n) is 21.3. The second-order valence-corrected chi connectivity index (χ2v) is 11.5. The molecule has 0 heterocycles. The molecule has 0 saturated heterocycles. The van der Waals surface area contributed by atoms with Gasteiger partial charge in [0.1, 0.15) is 0 Å². The topological polar surface area (TPSA) is 58.2 Å². The van der Waals surface area contributed by atoms with Crippen molar-refractivity contribution in [3.63, 3.8) is 0 Å². The Morgan fingerprint density at radius 3 is 1.86 bits per heavy atom. The third kappa shape index (κ3) is 4.99. The van der Waals surface area contributed by atoms with Gasteiger partial charge in [0.15, 0.2) is 0 Å². The van der Waals surface area contributed by atoms with E-state index in [1.165, 1.54) is 0 Å². The molecule has 2 N–H and O–H groups in total. The van der Waals surface area contributed by atoms with Crippen LogP contribution in [0, 0.1) is 10.8 Å². The summed E-state index contributed by atoms with van der Waals surface area (Å²) < 4.78 is 0. The van der Waals surface area contributed by atoms with Crippen LogP contribution in [0.3, 0.4) is 0 Å². The molecule has 1 aliphatic carbocycles. The van der Waals surface area contributed by atoms with Crippen LogP contribution in [0.15, 0.2) is 84.9 Å². The Labute approximate surface area is 213 Å². The standard InChI is InChI=1S/C32H34N2O2/c1-31(2)18-24(34-30(36)28-17-9-13-23-11-5-7-15-26(23)28)19-32(3,20-31)21-33-29(35)27-16-8-12-22-10-4-6-14-25(22)27/h4-17,24H,18-21H2,1-3H3,(H,33,35)(H,34,36). The van der Waals surface area contributed by atoms with Crippen molar-refractivity contribution < 1.29 is 9.59 Å². The number of carbonyl (C=O) groups excluding carboxylic acids is 2. The second kappa shape index (κ2) is 9.42. The summed E-state index contributed by atoms with van der Waals surface area (Å²) in [4.78, 5) is 26.5. The molecule has 2 unspecified atom stereocenters. The summed E-state index contributed by atoms with van der Waals surface area (Å²) in [5.41, 5.74) is 1.34. The maximum absolute atomic E-state index is 13.3. The van der Waals surface area contributed by atoms with E-state index in [0.717, 1.165) is 40.8 Å². The van der Waals surface area contributed by atoms with Gasteiger partial charge in [-0.1, -0.05) is 93.6 Å². The van der Waals surface area contributed by atoms with Gasteiger partial charge < -0.3 is 10.6 Å². The summed E-state index contributed by atoms with van der Waals surface area (Å²) in [6.45, 7) is 7.31. The van der Waals surface area contributed by atoms with Crippen molar-refractivity contribution in [2.45, 2.75) is 46.1 Å². The third-order valence-corrected chi connectivity index (χ3v) is 7.52. The molecule has 2 atom stereocenters. The molecular formula is C32H34N2O2. The van der Waals surface area contributed by atoms with Crippen LogP contribution in [0.5, 0.6) is 0 Å². The molecule has 4 heteroatoms. The number of fused-ring (bicyclic) bond motifs is 2. The summed E-state index contributed by atoms with van der Waals surface area (Å²) in [5, 5.41) is 10.6. The average Bonchev–Trinajstić information content (AvgIpc) is 2.85. The van der Waals surface area contributed by atoms with Crippen LogP contribution < -0.4 is 10.6 Å². The number of amides is 2. The first-order valence-electron chi connectivity index (χ1n) is 12.8. The fraction of sp³-hybridized carbons (Fsp3) is 0.312. The maximum Gasteiger partial charge on any atom is 0.252 e. The lowest BCUT2D eigenvalue weighted by molar-refractivity contribution is 0.0593. The summed E-state index contributed by atoms with van der Waals surface area (Å²) in [6, 6.07) is 27.7. The minimum Gasteiger partial charge on any atom is -0.351 e. The molecule has 1 aliphatic rings. The molecule has 4 aromatic carbocycles. The lowest BCUT2D eigenvalue weighted by Crippen LogP contribution is -2.50. The molecule has 0 aromatic heterocycles. The Morgan fingerprint density at radius 2 is 1.25 bits per heavy atom. The highest BCUT2D eigenvalue weighted by Gasteiger charge is 2.42. The normalized spacial score (nSPS) is 21.2. The van der Waals surface area contributed by atoms with E-state index in [1.807, 2.05) is 84.9 Å². The number of hydrogen-bond acceptors (Lipinski definition) is 2. The largest absolute Gasteiger partial charge is 0.351 e. The first kappa shape index (κ1) is 24.1. The summed E-state index contributed by atoms with van der Waals surface area (Å²) >= 11 is 0. The van der Waals surface area contributed by atoms with Gasteiger partial charge in [-0.2, -0.15) is 0 Å². The van der Waals surface area contributed by atoms with Gasteiger partial charge in [-0.3, -0.25) is 9.59 Å². The molecular weight excluding hydrogens is 444 g/mol. The van der Waals surface area contributed by atoms with E-state index in [1.54, 1.807) is 0 Å². The zero-order valence-corrected chi connectivity index (χ0v) is 21.3. The van der Waals surface area contributed by atoms with Crippen LogP contribution >= 0.6 is 0 Å². The van der Waals surface area contributed by atoms with Crippen molar-refractivity contribution in [2.75, 3.05) is 6.54 Å². The Hall–Kier alpha value is -3.66. The van der Waals surface area contributed by atoms with Crippen molar-refractivity contribution >= 4 is 33.4 Å². The SMILES string of the molecule is CC1(C)CC(NC(=O)c2cccc3ccccc23)CC(C)(CNC(=O)c2cccc3ccccc23)C1. The van der Waals surface area contributed by atoms with Crippen molar-refractivity contribution in [2.24, 2.45) is 10.8 Å². The minimum atomic E-state index is -0.126. The molecule has 0 radical (unpaired) electrons. The summed E-state index contributed by atoms with van der Waals surface area (Å²) in [6.07, 6.45) is 2.72. The monoisotopic (exact) mass is 478 g/mol. The van der Waals surface area contributed by atoms with Crippen LogP contribution in [0.2, 0.25) is 0 Å². The molecule has 0 aliphatic heterocycles. The van der Waals surface area contributed by atoms with Crippen LogP contribution in [-0.4, -0.2) is 24.4 Å². The molecule has 0 spiro atoms. The van der Waals surface area contributed by atoms with Crippen LogP contribution in [0.1, 0.15) is 60.7 Å².